The molecule has 1 atom stereocenters. The molecule has 0 aromatic carbocycles. The molecule has 96 valence electrons. The molecule has 0 aliphatic heterocycles. The van der Waals surface area contributed by atoms with Crippen molar-refractivity contribution < 1.29 is 0 Å². The number of aromatic nitrogens is 2. The molecule has 1 aromatic rings. The zero-order valence-corrected chi connectivity index (χ0v) is 11.4. The summed E-state index contributed by atoms with van der Waals surface area (Å²) in [6.07, 6.45) is 6.06. The molecule has 0 bridgehead atoms. The first-order chi connectivity index (χ1) is 8.69. The first-order valence-corrected chi connectivity index (χ1v) is 7.24. The van der Waals surface area contributed by atoms with Crippen molar-refractivity contribution >= 4 is 17.6 Å². The van der Waals surface area contributed by atoms with Crippen molar-refractivity contribution in [3.8, 4) is 6.07 Å². The number of nitrogen functional groups attached to an aromatic ring is 1. The molecule has 0 spiro atoms. The highest BCUT2D eigenvalue weighted by molar-refractivity contribution is 8.00. The van der Waals surface area contributed by atoms with Crippen LogP contribution in [-0.2, 0) is 0 Å². The molecule has 0 amide bonds. The fraction of sp³-hybridized carbons (Fsp3) is 0.615. The average Bonchev–Trinajstić information content (AvgIpc) is 2.36. The molecule has 1 aromatic heterocycles. The van der Waals surface area contributed by atoms with Gasteiger partial charge in [-0.3, -0.25) is 0 Å². The van der Waals surface area contributed by atoms with Gasteiger partial charge in [0.05, 0.1) is 6.07 Å². The van der Waals surface area contributed by atoms with E-state index in [4.69, 9.17) is 5.73 Å². The Bertz CT molecular complexity index is 429. The summed E-state index contributed by atoms with van der Waals surface area (Å²) >= 11 is 1.46. The molecule has 2 N–H and O–H groups in total. The fourth-order valence-electron chi connectivity index (χ4n) is 2.40. The van der Waals surface area contributed by atoms with Gasteiger partial charge in [-0.05, 0) is 25.7 Å². The van der Waals surface area contributed by atoms with Crippen molar-refractivity contribution in [3.63, 3.8) is 0 Å². The molecule has 1 fully saturated rings. The summed E-state index contributed by atoms with van der Waals surface area (Å²) < 4.78 is 0. The molecule has 18 heavy (non-hydrogen) atoms. The zero-order valence-electron chi connectivity index (χ0n) is 10.6. The standard InChI is InChI=1S/C13H18N4S/c1-9-7-12(15)17-13(16-9)18-11(8-14)10-5-3-2-4-6-10/h7,10-11H,2-6H2,1H3,(H2,15,16,17). The number of thioether (sulfide) groups is 1. The number of nitrogens with zero attached hydrogens (tertiary/aromatic N) is 3. The lowest BCUT2D eigenvalue weighted by atomic mass is 9.87. The number of rotatable bonds is 3. The van der Waals surface area contributed by atoms with E-state index in [0.29, 0.717) is 16.9 Å². The zero-order chi connectivity index (χ0) is 13.0. The van der Waals surface area contributed by atoms with Crippen molar-refractivity contribution in [3.05, 3.63) is 11.8 Å². The topological polar surface area (TPSA) is 75.6 Å². The number of hydrogen-bond donors (Lipinski definition) is 1. The third-order valence-corrected chi connectivity index (χ3v) is 4.43. The van der Waals surface area contributed by atoms with Crippen LogP contribution in [0.5, 0.6) is 0 Å². The molecule has 5 heteroatoms. The van der Waals surface area contributed by atoms with E-state index >= 15 is 0 Å². The van der Waals surface area contributed by atoms with E-state index in [1.54, 1.807) is 6.07 Å². The van der Waals surface area contributed by atoms with Gasteiger partial charge in [-0.15, -0.1) is 0 Å². The number of aryl methyl sites for hydroxylation is 1. The van der Waals surface area contributed by atoms with Gasteiger partial charge in [0.25, 0.3) is 0 Å². The van der Waals surface area contributed by atoms with Crippen LogP contribution in [0.1, 0.15) is 37.8 Å². The van der Waals surface area contributed by atoms with Crippen LogP contribution >= 0.6 is 11.8 Å². The summed E-state index contributed by atoms with van der Waals surface area (Å²) in [5, 5.41) is 9.90. The summed E-state index contributed by atoms with van der Waals surface area (Å²) in [4.78, 5) is 8.53. The minimum atomic E-state index is -0.0495. The lowest BCUT2D eigenvalue weighted by Crippen LogP contribution is -2.19. The van der Waals surface area contributed by atoms with Crippen LogP contribution in [0.3, 0.4) is 0 Å². The maximum absolute atomic E-state index is 9.32. The van der Waals surface area contributed by atoms with Crippen LogP contribution in [0, 0.1) is 24.2 Å². The molecule has 1 aliphatic carbocycles. The Balaban J connectivity index is 2.07. The van der Waals surface area contributed by atoms with Crippen LogP contribution in [-0.4, -0.2) is 15.2 Å². The lowest BCUT2D eigenvalue weighted by Gasteiger charge is -2.24. The number of hydrogen-bond acceptors (Lipinski definition) is 5. The van der Waals surface area contributed by atoms with Crippen molar-refractivity contribution in [1.29, 1.82) is 5.26 Å². The molecule has 1 aliphatic rings. The van der Waals surface area contributed by atoms with Gasteiger partial charge in [0, 0.05) is 11.8 Å². The van der Waals surface area contributed by atoms with E-state index in [9.17, 15) is 5.26 Å². The second kappa shape index (κ2) is 6.05. The second-order valence-electron chi connectivity index (χ2n) is 4.78. The Labute approximate surface area is 112 Å². The maximum atomic E-state index is 9.32. The quantitative estimate of drug-likeness (QED) is 0.669. The van der Waals surface area contributed by atoms with Crippen LogP contribution in [0.2, 0.25) is 0 Å². The van der Waals surface area contributed by atoms with Crippen LogP contribution in [0.4, 0.5) is 5.82 Å². The van der Waals surface area contributed by atoms with E-state index in [2.05, 4.69) is 16.0 Å². The van der Waals surface area contributed by atoms with Crippen molar-refractivity contribution in [1.82, 2.24) is 9.97 Å². The molecule has 2 rings (SSSR count). The maximum Gasteiger partial charge on any atom is 0.191 e. The minimum absolute atomic E-state index is 0.0495. The fourth-order valence-corrected chi connectivity index (χ4v) is 3.50. The Morgan fingerprint density at radius 1 is 1.39 bits per heavy atom. The van der Waals surface area contributed by atoms with Crippen molar-refractivity contribution in [2.75, 3.05) is 5.73 Å². The Hall–Kier alpha value is -1.28. The first kappa shape index (κ1) is 13.2. The monoisotopic (exact) mass is 262 g/mol. The highest BCUT2D eigenvalue weighted by atomic mass is 32.2. The minimum Gasteiger partial charge on any atom is -0.384 e. The molecule has 1 saturated carbocycles. The lowest BCUT2D eigenvalue weighted by molar-refractivity contribution is 0.370. The predicted molar refractivity (Wildman–Crippen MR) is 73.0 cm³/mol. The van der Waals surface area contributed by atoms with E-state index in [-0.39, 0.29) is 5.25 Å². The summed E-state index contributed by atoms with van der Waals surface area (Å²) in [5.41, 5.74) is 6.56. The van der Waals surface area contributed by atoms with Gasteiger partial charge < -0.3 is 5.73 Å². The van der Waals surface area contributed by atoms with Crippen LogP contribution < -0.4 is 5.73 Å². The van der Waals surface area contributed by atoms with Gasteiger partial charge in [-0.1, -0.05) is 31.0 Å². The summed E-state index contributed by atoms with van der Waals surface area (Å²) in [5.74, 6) is 0.949. The third-order valence-electron chi connectivity index (χ3n) is 3.29. The van der Waals surface area contributed by atoms with E-state index < -0.39 is 0 Å². The van der Waals surface area contributed by atoms with E-state index in [1.165, 1.54) is 31.0 Å². The Morgan fingerprint density at radius 3 is 2.72 bits per heavy atom. The van der Waals surface area contributed by atoms with E-state index in [0.717, 1.165) is 18.5 Å². The first-order valence-electron chi connectivity index (χ1n) is 6.36. The van der Waals surface area contributed by atoms with Crippen LogP contribution in [0.15, 0.2) is 11.2 Å². The largest absolute Gasteiger partial charge is 0.384 e. The average molecular weight is 262 g/mol. The summed E-state index contributed by atoms with van der Waals surface area (Å²) in [6.45, 7) is 1.89. The molecular weight excluding hydrogens is 244 g/mol. The number of anilines is 1. The Kier molecular flexibility index (Phi) is 4.43. The van der Waals surface area contributed by atoms with Crippen LogP contribution in [0.25, 0.3) is 0 Å². The number of nitriles is 1. The van der Waals surface area contributed by atoms with Crippen molar-refractivity contribution in [2.45, 2.75) is 49.4 Å². The van der Waals surface area contributed by atoms with Gasteiger partial charge in [0.1, 0.15) is 11.1 Å². The van der Waals surface area contributed by atoms with Gasteiger partial charge in [-0.25, -0.2) is 9.97 Å². The number of nitrogens with two attached hydrogens (primary N) is 1. The summed E-state index contributed by atoms with van der Waals surface area (Å²) in [6, 6.07) is 4.14. The van der Waals surface area contributed by atoms with E-state index in [1.807, 2.05) is 6.92 Å². The Morgan fingerprint density at radius 2 is 2.11 bits per heavy atom. The molecule has 0 saturated heterocycles. The predicted octanol–water partition coefficient (Wildman–Crippen LogP) is 2.93. The second-order valence-corrected chi connectivity index (χ2v) is 5.89. The van der Waals surface area contributed by atoms with Gasteiger partial charge in [0.15, 0.2) is 5.16 Å². The molecule has 1 heterocycles. The van der Waals surface area contributed by atoms with Gasteiger partial charge in [-0.2, -0.15) is 5.26 Å². The molecule has 1 unspecified atom stereocenters. The van der Waals surface area contributed by atoms with Gasteiger partial charge >= 0.3 is 0 Å². The smallest absolute Gasteiger partial charge is 0.191 e. The van der Waals surface area contributed by atoms with Gasteiger partial charge in [0.2, 0.25) is 0 Å². The highest BCUT2D eigenvalue weighted by Crippen LogP contribution is 2.34. The summed E-state index contributed by atoms with van der Waals surface area (Å²) in [7, 11) is 0. The van der Waals surface area contributed by atoms with Crippen molar-refractivity contribution in [2.24, 2.45) is 5.92 Å². The molecule has 0 radical (unpaired) electrons. The third kappa shape index (κ3) is 3.36. The SMILES string of the molecule is Cc1cc(N)nc(SC(C#N)C2CCCCC2)n1. The highest BCUT2D eigenvalue weighted by Gasteiger charge is 2.25. The molecular formula is C13H18N4S. The normalized spacial score (nSPS) is 18.2. The molecule has 4 nitrogen and oxygen atoms in total.